The number of rotatable bonds is 16. The van der Waals surface area contributed by atoms with Crippen LogP contribution in [0.15, 0.2) is 72.9 Å². The van der Waals surface area contributed by atoms with E-state index in [2.05, 4.69) is 93.7 Å². The predicted octanol–water partition coefficient (Wildman–Crippen LogP) is 8.05. The fourth-order valence-corrected chi connectivity index (χ4v) is 2.24. The number of allylic oxidation sites excluding steroid dienone is 12. The van der Waals surface area contributed by atoms with Gasteiger partial charge in [-0.2, -0.15) is 0 Å². The zero-order valence-electron chi connectivity index (χ0n) is 19.1. The van der Waals surface area contributed by atoms with Crippen molar-refractivity contribution in [2.24, 2.45) is 5.92 Å². The van der Waals surface area contributed by atoms with Crippen LogP contribution in [0.1, 0.15) is 79.1 Å². The van der Waals surface area contributed by atoms with Crippen molar-refractivity contribution in [1.29, 1.82) is 0 Å². The summed E-state index contributed by atoms with van der Waals surface area (Å²) in [5.41, 5.74) is 0. The molecule has 1 unspecified atom stereocenters. The lowest BCUT2D eigenvalue weighted by molar-refractivity contribution is -0.150. The molecule has 0 bridgehead atoms. The highest BCUT2D eigenvalue weighted by molar-refractivity contribution is 5.69. The lowest BCUT2D eigenvalue weighted by atomic mass is 10.1. The Balaban J connectivity index is 3.63. The van der Waals surface area contributed by atoms with Gasteiger partial charge in [0.15, 0.2) is 0 Å². The highest BCUT2D eigenvalue weighted by Gasteiger charge is 2.11. The smallest absolute Gasteiger partial charge is 0.306 e. The van der Waals surface area contributed by atoms with Crippen LogP contribution in [0.25, 0.3) is 0 Å². The monoisotopic (exact) mass is 398 g/mol. The molecule has 0 amide bonds. The fourth-order valence-electron chi connectivity index (χ4n) is 2.24. The Hall–Kier alpha value is -2.09. The van der Waals surface area contributed by atoms with Gasteiger partial charge in [0.05, 0.1) is 0 Å². The van der Waals surface area contributed by atoms with Crippen molar-refractivity contribution >= 4 is 5.97 Å². The standard InChI is InChI=1S/C27H42O2/c1-5-6-7-8-9-10-11-12-13-14-15-16-17-18-19-20-21-22-23-24-27(28)29-26(4)25(2)3/h6-7,9-10,12-13,15-16,18-19,21-22,25-26H,5,8,11,14,17,20,23-24H2,1-4H3/b7-6-,10-9-,13-12-,16-15-,19-18-,22-21-. The van der Waals surface area contributed by atoms with Crippen molar-refractivity contribution in [2.75, 3.05) is 0 Å². The van der Waals surface area contributed by atoms with Crippen molar-refractivity contribution in [3.63, 3.8) is 0 Å². The van der Waals surface area contributed by atoms with Gasteiger partial charge < -0.3 is 4.74 Å². The Morgan fingerprint density at radius 3 is 1.41 bits per heavy atom. The maximum Gasteiger partial charge on any atom is 0.306 e. The number of hydrogen-bond donors (Lipinski definition) is 0. The number of esters is 1. The fraction of sp³-hybridized carbons (Fsp3) is 0.519. The Kier molecular flexibility index (Phi) is 19.2. The average molecular weight is 399 g/mol. The largest absolute Gasteiger partial charge is 0.462 e. The molecular formula is C27H42O2. The third-order valence-electron chi connectivity index (χ3n) is 4.37. The summed E-state index contributed by atoms with van der Waals surface area (Å²) in [6.45, 7) is 8.22. The Bertz CT molecular complexity index is 559. The minimum Gasteiger partial charge on any atom is -0.462 e. The van der Waals surface area contributed by atoms with Crippen LogP contribution in [0.3, 0.4) is 0 Å². The van der Waals surface area contributed by atoms with Crippen LogP contribution in [-0.4, -0.2) is 12.1 Å². The van der Waals surface area contributed by atoms with Gasteiger partial charge >= 0.3 is 5.97 Å². The van der Waals surface area contributed by atoms with Gasteiger partial charge in [-0.25, -0.2) is 0 Å². The van der Waals surface area contributed by atoms with Crippen molar-refractivity contribution < 1.29 is 9.53 Å². The molecular weight excluding hydrogens is 356 g/mol. The predicted molar refractivity (Wildman–Crippen MR) is 128 cm³/mol. The van der Waals surface area contributed by atoms with Gasteiger partial charge in [-0.3, -0.25) is 4.79 Å². The van der Waals surface area contributed by atoms with E-state index in [-0.39, 0.29) is 12.1 Å². The topological polar surface area (TPSA) is 26.3 Å². The molecule has 162 valence electrons. The molecule has 0 saturated heterocycles. The second kappa shape index (κ2) is 20.6. The molecule has 0 aliphatic rings. The summed E-state index contributed by atoms with van der Waals surface area (Å²) in [5.74, 6) is 0.260. The molecule has 2 nitrogen and oxygen atoms in total. The molecule has 0 aromatic heterocycles. The van der Waals surface area contributed by atoms with Gasteiger partial charge in [0.1, 0.15) is 6.10 Å². The van der Waals surface area contributed by atoms with Crippen molar-refractivity contribution in [1.82, 2.24) is 0 Å². The van der Waals surface area contributed by atoms with E-state index in [1.165, 1.54) is 0 Å². The van der Waals surface area contributed by atoms with E-state index < -0.39 is 0 Å². The first kappa shape index (κ1) is 26.9. The van der Waals surface area contributed by atoms with E-state index >= 15 is 0 Å². The molecule has 0 aromatic carbocycles. The molecule has 1 atom stereocenters. The number of carbonyl (C=O) groups is 1. The van der Waals surface area contributed by atoms with Gasteiger partial charge in [-0.05, 0) is 57.8 Å². The normalized spacial score (nSPS) is 14.1. The minimum atomic E-state index is -0.106. The molecule has 0 fully saturated rings. The number of ether oxygens (including phenoxy) is 1. The molecule has 0 aromatic rings. The summed E-state index contributed by atoms with van der Waals surface area (Å²) in [7, 11) is 0. The Morgan fingerprint density at radius 2 is 1.03 bits per heavy atom. The summed E-state index contributed by atoms with van der Waals surface area (Å²) < 4.78 is 5.34. The molecule has 0 saturated carbocycles. The molecule has 0 radical (unpaired) electrons. The van der Waals surface area contributed by atoms with E-state index in [9.17, 15) is 4.79 Å². The summed E-state index contributed by atoms with van der Waals surface area (Å²) >= 11 is 0. The number of hydrogen-bond acceptors (Lipinski definition) is 2. The van der Waals surface area contributed by atoms with E-state index in [0.717, 1.165) is 44.9 Å². The number of carbonyl (C=O) groups excluding carboxylic acids is 1. The van der Waals surface area contributed by atoms with Gasteiger partial charge in [0, 0.05) is 6.42 Å². The van der Waals surface area contributed by atoms with E-state index in [4.69, 9.17) is 4.74 Å². The van der Waals surface area contributed by atoms with Gasteiger partial charge in [-0.1, -0.05) is 93.7 Å². The van der Waals surface area contributed by atoms with Crippen molar-refractivity contribution in [3.05, 3.63) is 72.9 Å². The lowest BCUT2D eigenvalue weighted by Crippen LogP contribution is -2.19. The highest BCUT2D eigenvalue weighted by atomic mass is 16.5. The first-order valence-corrected chi connectivity index (χ1v) is 11.2. The minimum absolute atomic E-state index is 0.00669. The van der Waals surface area contributed by atoms with Crippen LogP contribution in [0.4, 0.5) is 0 Å². The van der Waals surface area contributed by atoms with Gasteiger partial charge in [0.25, 0.3) is 0 Å². The first-order chi connectivity index (χ1) is 14.1. The van der Waals surface area contributed by atoms with Gasteiger partial charge in [0.2, 0.25) is 0 Å². The van der Waals surface area contributed by atoms with Crippen LogP contribution < -0.4 is 0 Å². The van der Waals surface area contributed by atoms with Gasteiger partial charge in [-0.15, -0.1) is 0 Å². The highest BCUT2D eigenvalue weighted by Crippen LogP contribution is 2.07. The lowest BCUT2D eigenvalue weighted by Gasteiger charge is -2.16. The summed E-state index contributed by atoms with van der Waals surface area (Å²) in [6, 6.07) is 0. The van der Waals surface area contributed by atoms with E-state index in [1.54, 1.807) is 0 Å². The average Bonchev–Trinajstić information content (AvgIpc) is 2.69. The van der Waals surface area contributed by atoms with E-state index in [1.807, 2.05) is 6.92 Å². The zero-order chi connectivity index (χ0) is 21.6. The summed E-state index contributed by atoms with van der Waals surface area (Å²) in [5, 5.41) is 0. The molecule has 29 heavy (non-hydrogen) atoms. The second-order valence-corrected chi connectivity index (χ2v) is 7.39. The first-order valence-electron chi connectivity index (χ1n) is 11.2. The Labute approximate surface area is 179 Å². The SMILES string of the molecule is CC/C=C\C/C=C\C/C=C\C/C=C\C/C=C\C/C=C\CCC(=O)OC(C)C(C)C. The third-order valence-corrected chi connectivity index (χ3v) is 4.37. The van der Waals surface area contributed by atoms with Crippen LogP contribution in [0.2, 0.25) is 0 Å². The zero-order valence-corrected chi connectivity index (χ0v) is 19.1. The molecule has 0 aliphatic heterocycles. The molecule has 0 spiro atoms. The summed E-state index contributed by atoms with van der Waals surface area (Å²) in [6.07, 6.45) is 33.4. The van der Waals surface area contributed by atoms with Crippen LogP contribution >= 0.6 is 0 Å². The Morgan fingerprint density at radius 1 is 0.655 bits per heavy atom. The van der Waals surface area contributed by atoms with Crippen LogP contribution in [0, 0.1) is 5.92 Å². The summed E-state index contributed by atoms with van der Waals surface area (Å²) in [4.78, 5) is 11.7. The molecule has 0 N–H and O–H groups in total. The second-order valence-electron chi connectivity index (χ2n) is 7.39. The van der Waals surface area contributed by atoms with Crippen molar-refractivity contribution in [3.8, 4) is 0 Å². The van der Waals surface area contributed by atoms with Crippen molar-refractivity contribution in [2.45, 2.75) is 85.2 Å². The molecule has 0 rings (SSSR count). The third kappa shape index (κ3) is 20.5. The van der Waals surface area contributed by atoms with Crippen LogP contribution in [-0.2, 0) is 9.53 Å². The maximum absolute atomic E-state index is 11.7. The molecule has 0 aliphatic carbocycles. The quantitative estimate of drug-likeness (QED) is 0.194. The molecule has 2 heteroatoms. The van der Waals surface area contributed by atoms with E-state index in [0.29, 0.717) is 12.3 Å². The van der Waals surface area contributed by atoms with Crippen LogP contribution in [0.5, 0.6) is 0 Å². The maximum atomic E-state index is 11.7. The molecule has 0 heterocycles.